The van der Waals surface area contributed by atoms with Crippen molar-refractivity contribution in [3.05, 3.63) is 58.0 Å². The maximum Gasteiger partial charge on any atom is 0.255 e. The van der Waals surface area contributed by atoms with Gasteiger partial charge in [0.05, 0.1) is 42.7 Å². The molecule has 1 amide bonds. The number of nitriles is 1. The van der Waals surface area contributed by atoms with Crippen molar-refractivity contribution in [3.8, 4) is 6.07 Å². The Balaban J connectivity index is 1.51. The highest BCUT2D eigenvalue weighted by Gasteiger charge is 2.45. The molecule has 0 aliphatic carbocycles. The summed E-state index contributed by atoms with van der Waals surface area (Å²) in [6, 6.07) is 7.91. The molecule has 0 spiro atoms. The Bertz CT molecular complexity index is 1340. The average molecular weight is 475 g/mol. The van der Waals surface area contributed by atoms with Gasteiger partial charge >= 0.3 is 0 Å². The highest BCUT2D eigenvalue weighted by atomic mass is 16.5. The molecule has 9 nitrogen and oxygen atoms in total. The predicted molar refractivity (Wildman–Crippen MR) is 130 cm³/mol. The molecular weight excluding hydrogens is 444 g/mol. The monoisotopic (exact) mass is 474 g/mol. The molecule has 0 radical (unpaired) electrons. The van der Waals surface area contributed by atoms with Crippen LogP contribution in [0.1, 0.15) is 59.4 Å². The van der Waals surface area contributed by atoms with Gasteiger partial charge in [-0.25, -0.2) is 4.98 Å². The number of amides is 1. The third kappa shape index (κ3) is 3.83. The smallest absolute Gasteiger partial charge is 0.255 e. The van der Waals surface area contributed by atoms with E-state index in [-0.39, 0.29) is 11.9 Å². The Hall–Kier alpha value is -3.48. The number of fused-ring (bicyclic) bond motifs is 3. The molecule has 1 N–H and O–H groups in total. The van der Waals surface area contributed by atoms with Crippen LogP contribution >= 0.6 is 0 Å². The quantitative estimate of drug-likeness (QED) is 0.604. The average Bonchev–Trinajstić information content (AvgIpc) is 3.48. The van der Waals surface area contributed by atoms with Crippen molar-refractivity contribution in [2.45, 2.75) is 58.3 Å². The van der Waals surface area contributed by atoms with Gasteiger partial charge in [-0.15, -0.1) is 0 Å². The largest absolute Gasteiger partial charge is 0.381 e. The third-order valence-corrected chi connectivity index (χ3v) is 7.41. The minimum atomic E-state index is -0.855. The molecule has 0 saturated carbocycles. The van der Waals surface area contributed by atoms with Gasteiger partial charge in [0.15, 0.2) is 5.60 Å². The van der Waals surface area contributed by atoms with Crippen LogP contribution in [-0.4, -0.2) is 51.1 Å². The Labute approximate surface area is 204 Å². The zero-order valence-corrected chi connectivity index (χ0v) is 20.6. The molecule has 9 heteroatoms. The summed E-state index contributed by atoms with van der Waals surface area (Å²) in [5.74, 6) is 1.29. The zero-order valence-electron chi connectivity index (χ0n) is 20.6. The highest BCUT2D eigenvalue weighted by Crippen LogP contribution is 2.36. The van der Waals surface area contributed by atoms with Crippen LogP contribution in [0.5, 0.6) is 0 Å². The van der Waals surface area contributed by atoms with Gasteiger partial charge in [-0.2, -0.15) is 10.2 Å². The fourth-order valence-corrected chi connectivity index (χ4v) is 5.32. The minimum absolute atomic E-state index is 0.0121. The van der Waals surface area contributed by atoms with E-state index in [2.05, 4.69) is 23.3 Å². The topological polar surface area (TPSA) is 105 Å². The van der Waals surface area contributed by atoms with E-state index in [9.17, 15) is 10.1 Å². The summed E-state index contributed by atoms with van der Waals surface area (Å²) in [4.78, 5) is 24.9. The number of nitrogens with one attached hydrogen (secondary N) is 1. The number of aromatic nitrogens is 3. The summed E-state index contributed by atoms with van der Waals surface area (Å²) < 4.78 is 13.3. The first kappa shape index (κ1) is 23.3. The number of nitrogens with zero attached hydrogens (tertiary/aromatic N) is 5. The number of imidazole rings is 1. The van der Waals surface area contributed by atoms with Crippen molar-refractivity contribution in [3.63, 3.8) is 0 Å². The van der Waals surface area contributed by atoms with E-state index in [1.165, 1.54) is 0 Å². The van der Waals surface area contributed by atoms with Gasteiger partial charge in [0, 0.05) is 44.4 Å². The van der Waals surface area contributed by atoms with E-state index in [0.717, 1.165) is 28.1 Å². The maximum atomic E-state index is 13.7. The van der Waals surface area contributed by atoms with E-state index in [4.69, 9.17) is 14.5 Å². The van der Waals surface area contributed by atoms with E-state index in [1.807, 2.05) is 41.3 Å². The summed E-state index contributed by atoms with van der Waals surface area (Å²) >= 11 is 0. The SMILES string of the molecule is COC1(C(=O)N2Cc3c(NC(C)c4cccc(C#N)c4C)nc4ncc(C)n4c3C2)CCOCC1. The van der Waals surface area contributed by atoms with Crippen molar-refractivity contribution in [1.29, 1.82) is 5.26 Å². The van der Waals surface area contributed by atoms with Crippen molar-refractivity contribution in [2.24, 2.45) is 0 Å². The lowest BCUT2D eigenvalue weighted by Gasteiger charge is -2.37. The number of benzene rings is 1. The molecule has 35 heavy (non-hydrogen) atoms. The van der Waals surface area contributed by atoms with Crippen LogP contribution in [0, 0.1) is 25.2 Å². The second kappa shape index (κ2) is 8.95. The number of carbonyl (C=O) groups excluding carboxylic acids is 1. The van der Waals surface area contributed by atoms with Crippen molar-refractivity contribution >= 4 is 17.5 Å². The molecule has 0 bridgehead atoms. The molecule has 1 fully saturated rings. The fourth-order valence-electron chi connectivity index (χ4n) is 5.32. The third-order valence-electron chi connectivity index (χ3n) is 7.41. The molecule has 2 aliphatic heterocycles. The zero-order chi connectivity index (χ0) is 24.7. The van der Waals surface area contributed by atoms with Crippen LogP contribution in [0.15, 0.2) is 24.4 Å². The fraction of sp³-hybridized carbons (Fsp3) is 0.462. The van der Waals surface area contributed by atoms with Gasteiger partial charge in [-0.3, -0.25) is 9.20 Å². The normalized spacial score (nSPS) is 17.7. The number of aryl methyl sites for hydroxylation is 1. The molecule has 2 aliphatic rings. The second-order valence-electron chi connectivity index (χ2n) is 9.39. The van der Waals surface area contributed by atoms with Crippen molar-refractivity contribution in [2.75, 3.05) is 25.6 Å². The molecule has 4 heterocycles. The Kier molecular flexibility index (Phi) is 5.95. The number of hydrogen-bond acceptors (Lipinski definition) is 7. The van der Waals surface area contributed by atoms with Gasteiger partial charge in [0.2, 0.25) is 5.78 Å². The number of anilines is 1. The van der Waals surface area contributed by atoms with Crippen LogP contribution in [0.2, 0.25) is 0 Å². The van der Waals surface area contributed by atoms with Crippen molar-refractivity contribution in [1.82, 2.24) is 19.3 Å². The van der Waals surface area contributed by atoms with Gasteiger partial charge in [0.1, 0.15) is 5.82 Å². The molecule has 2 aromatic heterocycles. The van der Waals surface area contributed by atoms with Gasteiger partial charge in [0.25, 0.3) is 5.91 Å². The van der Waals surface area contributed by atoms with Gasteiger partial charge in [-0.05, 0) is 38.0 Å². The summed E-state index contributed by atoms with van der Waals surface area (Å²) in [5.41, 5.74) is 4.75. The highest BCUT2D eigenvalue weighted by molar-refractivity contribution is 5.86. The van der Waals surface area contributed by atoms with Gasteiger partial charge in [-0.1, -0.05) is 12.1 Å². The number of hydrogen-bond donors (Lipinski definition) is 1. The van der Waals surface area contributed by atoms with Crippen LogP contribution < -0.4 is 5.32 Å². The summed E-state index contributed by atoms with van der Waals surface area (Å²) in [7, 11) is 1.61. The molecular formula is C26H30N6O3. The van der Waals surface area contributed by atoms with Crippen LogP contribution in [0.4, 0.5) is 5.82 Å². The Morgan fingerprint density at radius 1 is 1.29 bits per heavy atom. The number of rotatable bonds is 5. The number of carbonyl (C=O) groups is 1. The predicted octanol–water partition coefficient (Wildman–Crippen LogP) is 3.43. The Morgan fingerprint density at radius 2 is 2.06 bits per heavy atom. The Morgan fingerprint density at radius 3 is 2.77 bits per heavy atom. The standard InChI is InChI=1S/C26H30N6O3/c1-16-13-28-25-30-23(29-18(3)20-7-5-6-19(12-27)17(20)2)21-14-31(15-22(21)32(16)25)24(33)26(34-4)8-10-35-11-9-26/h5-7,13,18H,8-11,14-15H2,1-4H3,(H,28,29,30). The van der Waals surface area contributed by atoms with E-state index in [0.29, 0.717) is 56.3 Å². The second-order valence-corrected chi connectivity index (χ2v) is 9.39. The summed E-state index contributed by atoms with van der Waals surface area (Å²) in [6.07, 6.45) is 2.89. The molecule has 1 unspecified atom stereocenters. The summed E-state index contributed by atoms with van der Waals surface area (Å²) in [6.45, 7) is 7.93. The maximum absolute atomic E-state index is 13.7. The number of methoxy groups -OCH3 is 1. The van der Waals surface area contributed by atoms with Crippen LogP contribution in [0.25, 0.3) is 5.78 Å². The van der Waals surface area contributed by atoms with E-state index >= 15 is 0 Å². The molecule has 1 saturated heterocycles. The van der Waals surface area contributed by atoms with Gasteiger partial charge < -0.3 is 19.7 Å². The first-order valence-corrected chi connectivity index (χ1v) is 11.9. The van der Waals surface area contributed by atoms with Crippen molar-refractivity contribution < 1.29 is 14.3 Å². The molecule has 3 aromatic rings. The lowest BCUT2D eigenvalue weighted by atomic mass is 9.92. The minimum Gasteiger partial charge on any atom is -0.381 e. The first-order chi connectivity index (χ1) is 16.9. The van der Waals surface area contributed by atoms with Crippen LogP contribution in [0.3, 0.4) is 0 Å². The van der Waals surface area contributed by atoms with E-state index < -0.39 is 5.60 Å². The lowest BCUT2D eigenvalue weighted by molar-refractivity contribution is -0.167. The van der Waals surface area contributed by atoms with Crippen LogP contribution in [-0.2, 0) is 27.4 Å². The molecule has 1 atom stereocenters. The molecule has 5 rings (SSSR count). The summed E-state index contributed by atoms with van der Waals surface area (Å²) in [5, 5.41) is 13.0. The molecule has 182 valence electrons. The van der Waals surface area contributed by atoms with E-state index in [1.54, 1.807) is 13.3 Å². The lowest BCUT2D eigenvalue weighted by Crippen LogP contribution is -2.51. The first-order valence-electron chi connectivity index (χ1n) is 11.9. The number of ether oxygens (including phenoxy) is 2. The molecule has 1 aromatic carbocycles.